The van der Waals surface area contributed by atoms with Crippen molar-refractivity contribution in [1.82, 2.24) is 0 Å². The number of esters is 1. The van der Waals surface area contributed by atoms with E-state index in [1.807, 2.05) is 13.8 Å². The van der Waals surface area contributed by atoms with Crippen LogP contribution < -0.4 is 5.73 Å². The van der Waals surface area contributed by atoms with Gasteiger partial charge in [0.15, 0.2) is 0 Å². The molecule has 0 heterocycles. The molecule has 106 valence electrons. The van der Waals surface area contributed by atoms with Crippen LogP contribution in [-0.2, 0) is 19.1 Å². The van der Waals surface area contributed by atoms with Gasteiger partial charge in [-0.25, -0.2) is 0 Å². The summed E-state index contributed by atoms with van der Waals surface area (Å²) in [4.78, 5) is 31.2. The molecule has 0 saturated heterocycles. The zero-order valence-corrected chi connectivity index (χ0v) is 11.7. The molecule has 0 radical (unpaired) electrons. The molecule has 0 bridgehead atoms. The summed E-state index contributed by atoms with van der Waals surface area (Å²) >= 11 is 0. The predicted molar refractivity (Wildman–Crippen MR) is 69.9 cm³/mol. The number of hydrogen-bond donors (Lipinski definition) is 1. The van der Waals surface area contributed by atoms with Gasteiger partial charge in [0, 0.05) is 12.8 Å². The van der Waals surface area contributed by atoms with Crippen LogP contribution in [0.1, 0.15) is 58.8 Å². The number of rotatable bonds is 8. The molecule has 0 spiro atoms. The number of amides is 1. The maximum atomic E-state index is 10.7. The van der Waals surface area contributed by atoms with Gasteiger partial charge in [0.25, 0.3) is 0 Å². The maximum Gasteiger partial charge on any atom is 0.305 e. The molecule has 0 aromatic carbocycles. The van der Waals surface area contributed by atoms with Gasteiger partial charge >= 0.3 is 5.97 Å². The van der Waals surface area contributed by atoms with Crippen molar-refractivity contribution in [1.29, 1.82) is 0 Å². The van der Waals surface area contributed by atoms with Crippen LogP contribution >= 0.6 is 0 Å². The van der Waals surface area contributed by atoms with Crippen molar-refractivity contribution in [3.05, 3.63) is 0 Å². The first-order valence-corrected chi connectivity index (χ1v) is 6.34. The minimum atomic E-state index is -0.527. The number of primary amides is 1. The van der Waals surface area contributed by atoms with Crippen LogP contribution in [0.15, 0.2) is 0 Å². The topological polar surface area (TPSA) is 86.5 Å². The molecule has 0 rings (SSSR count). The lowest BCUT2D eigenvalue weighted by Gasteiger charge is -1.93. The Bertz CT molecular complexity index is 251. The van der Waals surface area contributed by atoms with Crippen LogP contribution in [0, 0.1) is 0 Å². The minimum absolute atomic E-state index is 0.0469. The molecular weight excluding hydrogens is 234 g/mol. The molecule has 5 nitrogen and oxygen atoms in total. The molecule has 0 aromatic rings. The molecule has 5 heteroatoms. The third-order valence-electron chi connectivity index (χ3n) is 2.14. The van der Waals surface area contributed by atoms with Crippen LogP contribution in [0.4, 0.5) is 0 Å². The van der Waals surface area contributed by atoms with E-state index in [0.29, 0.717) is 12.8 Å². The van der Waals surface area contributed by atoms with Crippen LogP contribution in [0.3, 0.4) is 0 Å². The zero-order valence-electron chi connectivity index (χ0n) is 11.7. The zero-order chi connectivity index (χ0) is 14.4. The molecular formula is C13H25NO4. The predicted octanol–water partition coefficient (Wildman–Crippen LogP) is 1.97. The van der Waals surface area contributed by atoms with Gasteiger partial charge in [0.05, 0.1) is 13.5 Å². The van der Waals surface area contributed by atoms with Gasteiger partial charge in [-0.3, -0.25) is 14.4 Å². The number of unbranched alkanes of at least 4 members (excludes halogenated alkanes) is 2. The van der Waals surface area contributed by atoms with Gasteiger partial charge in [0.2, 0.25) is 5.91 Å². The monoisotopic (exact) mass is 259 g/mol. The quantitative estimate of drug-likeness (QED) is 0.533. The van der Waals surface area contributed by atoms with Gasteiger partial charge in [-0.1, -0.05) is 26.7 Å². The smallest absolute Gasteiger partial charge is 0.305 e. The molecule has 1 amide bonds. The molecule has 0 saturated carbocycles. The molecule has 0 aliphatic heterocycles. The first-order chi connectivity index (χ1) is 8.47. The summed E-state index contributed by atoms with van der Waals surface area (Å²) in [6.45, 7) is 4.04. The van der Waals surface area contributed by atoms with E-state index in [-0.39, 0.29) is 18.2 Å². The van der Waals surface area contributed by atoms with Crippen molar-refractivity contribution >= 4 is 17.7 Å². The second-order valence-electron chi connectivity index (χ2n) is 3.97. The number of ketones is 1. The number of ether oxygens (including phenoxy) is 1. The number of carbonyl (C=O) groups is 3. The molecule has 18 heavy (non-hydrogen) atoms. The van der Waals surface area contributed by atoms with E-state index in [9.17, 15) is 14.4 Å². The molecule has 0 aliphatic rings. The van der Waals surface area contributed by atoms with E-state index in [0.717, 1.165) is 25.7 Å². The summed E-state index contributed by atoms with van der Waals surface area (Å²) in [6.07, 6.45) is 4.77. The molecule has 0 aliphatic carbocycles. The van der Waals surface area contributed by atoms with Crippen molar-refractivity contribution in [3.8, 4) is 0 Å². The molecule has 2 N–H and O–H groups in total. The fourth-order valence-electron chi connectivity index (χ4n) is 1.08. The largest absolute Gasteiger partial charge is 0.469 e. The van der Waals surface area contributed by atoms with Crippen molar-refractivity contribution in [2.45, 2.75) is 58.8 Å². The third-order valence-corrected chi connectivity index (χ3v) is 2.14. The average molecular weight is 259 g/mol. The Balaban J connectivity index is 0. The second kappa shape index (κ2) is 13.7. The van der Waals surface area contributed by atoms with E-state index < -0.39 is 5.91 Å². The number of Topliss-reactive ketones (excluding diaryl/α,β-unsaturated/α-hetero) is 1. The number of nitrogens with two attached hydrogens (primary N) is 1. The highest BCUT2D eigenvalue weighted by atomic mass is 16.5. The second-order valence-corrected chi connectivity index (χ2v) is 3.97. The van der Waals surface area contributed by atoms with E-state index in [1.54, 1.807) is 0 Å². The van der Waals surface area contributed by atoms with E-state index >= 15 is 0 Å². The molecule has 0 fully saturated rings. The first-order valence-electron chi connectivity index (χ1n) is 6.34. The Morgan fingerprint density at radius 3 is 1.89 bits per heavy atom. The van der Waals surface area contributed by atoms with E-state index in [1.165, 1.54) is 7.11 Å². The van der Waals surface area contributed by atoms with E-state index in [4.69, 9.17) is 5.73 Å². The highest BCUT2D eigenvalue weighted by Crippen LogP contribution is 1.97. The summed E-state index contributed by atoms with van der Waals surface area (Å²) in [5.74, 6) is -0.678. The Morgan fingerprint density at radius 2 is 1.50 bits per heavy atom. The van der Waals surface area contributed by atoms with Crippen LogP contribution in [-0.4, -0.2) is 24.8 Å². The van der Waals surface area contributed by atoms with Crippen molar-refractivity contribution in [2.75, 3.05) is 7.11 Å². The van der Waals surface area contributed by atoms with E-state index in [2.05, 4.69) is 4.74 Å². The summed E-state index contributed by atoms with van der Waals surface area (Å²) in [5.41, 5.74) is 4.81. The third kappa shape index (κ3) is 17.0. The Hall–Kier alpha value is -1.39. The number of methoxy groups -OCH3 is 1. The van der Waals surface area contributed by atoms with Gasteiger partial charge < -0.3 is 10.5 Å². The van der Waals surface area contributed by atoms with Crippen molar-refractivity contribution in [3.63, 3.8) is 0 Å². The lowest BCUT2D eigenvalue weighted by Crippen LogP contribution is -2.15. The number of hydrogen-bond acceptors (Lipinski definition) is 4. The number of carbonyl (C=O) groups excluding carboxylic acids is 3. The standard InChI is InChI=1S/C7H13NO2.C6H12O2/c1-2-3-4-6(9)5-7(8)10;1-3-4-5-6(7)8-2/h2-5H2,1H3,(H2,8,10);3-5H2,1-2H3. The fourth-order valence-corrected chi connectivity index (χ4v) is 1.08. The molecule has 0 atom stereocenters. The molecule has 0 unspecified atom stereocenters. The maximum absolute atomic E-state index is 10.7. The van der Waals surface area contributed by atoms with Crippen molar-refractivity contribution < 1.29 is 19.1 Å². The van der Waals surface area contributed by atoms with Crippen LogP contribution in [0.5, 0.6) is 0 Å². The SMILES string of the molecule is CCCCC(=O)CC(N)=O.CCCCC(=O)OC. The molecule has 0 aromatic heterocycles. The van der Waals surface area contributed by atoms with Crippen LogP contribution in [0.2, 0.25) is 0 Å². The van der Waals surface area contributed by atoms with Crippen molar-refractivity contribution in [2.24, 2.45) is 5.73 Å². The lowest BCUT2D eigenvalue weighted by molar-refractivity contribution is -0.140. The highest BCUT2D eigenvalue weighted by Gasteiger charge is 2.03. The highest BCUT2D eigenvalue weighted by molar-refractivity contribution is 5.97. The van der Waals surface area contributed by atoms with Gasteiger partial charge in [-0.2, -0.15) is 0 Å². The Kier molecular flexibility index (Phi) is 14.4. The van der Waals surface area contributed by atoms with Crippen LogP contribution in [0.25, 0.3) is 0 Å². The summed E-state index contributed by atoms with van der Waals surface area (Å²) < 4.78 is 4.41. The first kappa shape index (κ1) is 19.0. The average Bonchev–Trinajstić information content (AvgIpc) is 2.33. The Labute approximate surface area is 109 Å². The van der Waals surface area contributed by atoms with Gasteiger partial charge in [-0.05, 0) is 12.8 Å². The summed E-state index contributed by atoms with van der Waals surface area (Å²) in [7, 11) is 1.41. The summed E-state index contributed by atoms with van der Waals surface area (Å²) in [5, 5.41) is 0. The van der Waals surface area contributed by atoms with Gasteiger partial charge in [-0.15, -0.1) is 0 Å². The Morgan fingerprint density at radius 1 is 1.00 bits per heavy atom. The summed E-state index contributed by atoms with van der Waals surface area (Å²) in [6, 6.07) is 0. The normalized spacial score (nSPS) is 9.06. The fraction of sp³-hybridized carbons (Fsp3) is 0.769. The van der Waals surface area contributed by atoms with Gasteiger partial charge in [0.1, 0.15) is 5.78 Å². The lowest BCUT2D eigenvalue weighted by atomic mass is 10.1. The minimum Gasteiger partial charge on any atom is -0.469 e.